The van der Waals surface area contributed by atoms with Gasteiger partial charge in [0.05, 0.1) is 0 Å². The molecule has 1 aromatic carbocycles. The van der Waals surface area contributed by atoms with Gasteiger partial charge >= 0.3 is 0 Å². The molecule has 0 fully saturated rings. The van der Waals surface area contributed by atoms with E-state index in [4.69, 9.17) is 0 Å². The van der Waals surface area contributed by atoms with Gasteiger partial charge in [0.1, 0.15) is 0 Å². The zero-order valence-electron chi connectivity index (χ0n) is 13.4. The lowest BCUT2D eigenvalue weighted by atomic mass is 10.0. The van der Waals surface area contributed by atoms with E-state index in [1.807, 2.05) is 6.20 Å². The maximum atomic E-state index is 4.56. The second-order valence-corrected chi connectivity index (χ2v) is 5.63. The van der Waals surface area contributed by atoms with Crippen molar-refractivity contribution in [3.05, 3.63) is 64.5 Å². The molecule has 1 heterocycles. The highest BCUT2D eigenvalue weighted by atomic mass is 14.8. The lowest BCUT2D eigenvalue weighted by Gasteiger charge is -2.09. The normalized spacial score (nSPS) is 10.8. The van der Waals surface area contributed by atoms with Gasteiger partial charge in [-0.05, 0) is 54.6 Å². The molecule has 0 bridgehead atoms. The number of nitrogens with one attached hydrogen (secondary N) is 1. The van der Waals surface area contributed by atoms with Crippen LogP contribution >= 0.6 is 0 Å². The molecule has 112 valence electrons. The summed E-state index contributed by atoms with van der Waals surface area (Å²) in [5, 5.41) is 3.45. The summed E-state index contributed by atoms with van der Waals surface area (Å²) in [6.07, 6.45) is 5.13. The largest absolute Gasteiger partial charge is 0.313 e. The molecule has 2 rings (SSSR count). The molecule has 0 saturated heterocycles. The van der Waals surface area contributed by atoms with Crippen LogP contribution in [0.3, 0.4) is 0 Å². The fourth-order valence-corrected chi connectivity index (χ4v) is 2.44. The first-order valence-corrected chi connectivity index (χ1v) is 7.95. The number of benzene rings is 1. The highest BCUT2D eigenvalue weighted by Crippen LogP contribution is 2.15. The van der Waals surface area contributed by atoms with Crippen LogP contribution in [-0.2, 0) is 19.4 Å². The lowest BCUT2D eigenvalue weighted by molar-refractivity contribution is 0.675. The van der Waals surface area contributed by atoms with Crippen molar-refractivity contribution in [1.82, 2.24) is 10.3 Å². The van der Waals surface area contributed by atoms with E-state index in [9.17, 15) is 0 Å². The summed E-state index contributed by atoms with van der Waals surface area (Å²) in [5.74, 6) is 0. The Morgan fingerprint density at radius 2 is 1.86 bits per heavy atom. The van der Waals surface area contributed by atoms with E-state index in [0.717, 1.165) is 31.6 Å². The molecular weight excluding hydrogens is 256 g/mol. The second-order valence-electron chi connectivity index (χ2n) is 5.63. The molecule has 0 amide bonds. The summed E-state index contributed by atoms with van der Waals surface area (Å²) in [6, 6.07) is 11.1. The van der Waals surface area contributed by atoms with Crippen molar-refractivity contribution < 1.29 is 0 Å². The molecule has 0 unspecified atom stereocenters. The van der Waals surface area contributed by atoms with Crippen molar-refractivity contribution in [2.24, 2.45) is 0 Å². The zero-order chi connectivity index (χ0) is 15.1. The Hall–Kier alpha value is -1.67. The Labute approximate surface area is 128 Å². The van der Waals surface area contributed by atoms with Crippen molar-refractivity contribution >= 4 is 0 Å². The summed E-state index contributed by atoms with van der Waals surface area (Å²) in [6.45, 7) is 8.58. The van der Waals surface area contributed by atoms with Crippen LogP contribution in [0.2, 0.25) is 0 Å². The van der Waals surface area contributed by atoms with Crippen LogP contribution in [0.1, 0.15) is 48.2 Å². The van der Waals surface area contributed by atoms with Crippen LogP contribution in [-0.4, -0.2) is 11.5 Å². The first kappa shape index (κ1) is 15.7. The Balaban J connectivity index is 2.02. The van der Waals surface area contributed by atoms with E-state index >= 15 is 0 Å². The van der Waals surface area contributed by atoms with Crippen molar-refractivity contribution in [3.8, 4) is 0 Å². The lowest BCUT2D eigenvalue weighted by Crippen LogP contribution is -2.13. The molecule has 1 aromatic heterocycles. The van der Waals surface area contributed by atoms with E-state index < -0.39 is 0 Å². The molecular formula is C19H26N2. The predicted octanol–water partition coefficient (Wildman–Crippen LogP) is 4.04. The van der Waals surface area contributed by atoms with Crippen molar-refractivity contribution in [2.45, 2.75) is 46.6 Å². The van der Waals surface area contributed by atoms with Gasteiger partial charge in [0.25, 0.3) is 0 Å². The molecule has 0 spiro atoms. The molecule has 2 nitrogen and oxygen atoms in total. The maximum Gasteiger partial charge on any atom is 0.0447 e. The Morgan fingerprint density at radius 1 is 1.05 bits per heavy atom. The fraction of sp³-hybridized carbons (Fsp3) is 0.421. The average molecular weight is 282 g/mol. The quantitative estimate of drug-likeness (QED) is 0.775. The van der Waals surface area contributed by atoms with Gasteiger partial charge in [-0.3, -0.25) is 4.98 Å². The zero-order valence-corrected chi connectivity index (χ0v) is 13.4. The highest BCUT2D eigenvalue weighted by Gasteiger charge is 2.03. The van der Waals surface area contributed by atoms with Gasteiger partial charge in [-0.25, -0.2) is 0 Å². The summed E-state index contributed by atoms with van der Waals surface area (Å²) < 4.78 is 0. The smallest absolute Gasteiger partial charge is 0.0447 e. The van der Waals surface area contributed by atoms with Gasteiger partial charge in [-0.1, -0.05) is 38.1 Å². The van der Waals surface area contributed by atoms with Crippen LogP contribution in [0.4, 0.5) is 0 Å². The minimum Gasteiger partial charge on any atom is -0.313 e. The fourth-order valence-electron chi connectivity index (χ4n) is 2.44. The van der Waals surface area contributed by atoms with Crippen LogP contribution in [0, 0.1) is 6.92 Å². The summed E-state index contributed by atoms with van der Waals surface area (Å²) in [5.41, 5.74) is 6.53. The number of aryl methyl sites for hydroxylation is 2. The first-order chi connectivity index (χ1) is 10.2. The molecule has 0 aliphatic heterocycles. The molecule has 0 aliphatic rings. The minimum atomic E-state index is 0.915. The van der Waals surface area contributed by atoms with E-state index in [1.54, 1.807) is 0 Å². The topological polar surface area (TPSA) is 24.9 Å². The van der Waals surface area contributed by atoms with Gasteiger partial charge < -0.3 is 5.32 Å². The number of hydrogen-bond donors (Lipinski definition) is 1. The Morgan fingerprint density at radius 3 is 2.48 bits per heavy atom. The van der Waals surface area contributed by atoms with Crippen molar-refractivity contribution in [2.75, 3.05) is 6.54 Å². The third kappa shape index (κ3) is 4.68. The van der Waals surface area contributed by atoms with Crippen molar-refractivity contribution in [3.63, 3.8) is 0 Å². The molecule has 1 N–H and O–H groups in total. The predicted molar refractivity (Wildman–Crippen MR) is 89.6 cm³/mol. The van der Waals surface area contributed by atoms with Crippen LogP contribution in [0.5, 0.6) is 0 Å². The SMILES string of the molecule is CCCNCc1ccc(Cc2ccc(CC)cn2)c(C)c1. The standard InChI is InChI=1S/C19H26N2/c1-4-10-20-13-17-6-8-18(15(3)11-17)12-19-9-7-16(5-2)14-21-19/h6-9,11,14,20H,4-5,10,12-13H2,1-3H3. The third-order valence-corrected chi connectivity index (χ3v) is 3.83. The number of nitrogens with zero attached hydrogens (tertiary/aromatic N) is 1. The van der Waals surface area contributed by atoms with Gasteiger partial charge in [0, 0.05) is 24.9 Å². The Bertz CT molecular complexity index is 558. The number of aromatic nitrogens is 1. The maximum absolute atomic E-state index is 4.56. The van der Waals surface area contributed by atoms with Gasteiger partial charge in [-0.15, -0.1) is 0 Å². The summed E-state index contributed by atoms with van der Waals surface area (Å²) >= 11 is 0. The highest BCUT2D eigenvalue weighted by molar-refractivity contribution is 5.34. The van der Waals surface area contributed by atoms with Gasteiger partial charge in [0.15, 0.2) is 0 Å². The summed E-state index contributed by atoms with van der Waals surface area (Å²) in [4.78, 5) is 4.56. The van der Waals surface area contributed by atoms with E-state index in [-0.39, 0.29) is 0 Å². The van der Waals surface area contributed by atoms with Gasteiger partial charge in [0.2, 0.25) is 0 Å². The molecule has 0 saturated carbocycles. The van der Waals surface area contributed by atoms with E-state index in [1.165, 1.54) is 28.7 Å². The molecule has 0 atom stereocenters. The second kappa shape index (κ2) is 7.94. The monoisotopic (exact) mass is 282 g/mol. The minimum absolute atomic E-state index is 0.915. The van der Waals surface area contributed by atoms with Crippen LogP contribution < -0.4 is 5.32 Å². The number of pyridine rings is 1. The number of rotatable bonds is 7. The van der Waals surface area contributed by atoms with Gasteiger partial charge in [-0.2, -0.15) is 0 Å². The third-order valence-electron chi connectivity index (χ3n) is 3.83. The molecule has 0 radical (unpaired) electrons. The molecule has 21 heavy (non-hydrogen) atoms. The molecule has 0 aliphatic carbocycles. The van der Waals surface area contributed by atoms with Crippen LogP contribution in [0.25, 0.3) is 0 Å². The first-order valence-electron chi connectivity index (χ1n) is 7.95. The summed E-state index contributed by atoms with van der Waals surface area (Å²) in [7, 11) is 0. The number of hydrogen-bond acceptors (Lipinski definition) is 2. The van der Waals surface area contributed by atoms with Crippen molar-refractivity contribution in [1.29, 1.82) is 0 Å². The van der Waals surface area contributed by atoms with E-state index in [2.05, 4.69) is 61.4 Å². The van der Waals surface area contributed by atoms with Crippen LogP contribution in [0.15, 0.2) is 36.5 Å². The van der Waals surface area contributed by atoms with E-state index in [0.29, 0.717) is 0 Å². The average Bonchev–Trinajstić information content (AvgIpc) is 2.51. The molecule has 2 heteroatoms. The molecule has 2 aromatic rings. The Kier molecular flexibility index (Phi) is 5.94.